The quantitative estimate of drug-likeness (QED) is 0.714. The first-order valence-electron chi connectivity index (χ1n) is 7.78. The summed E-state index contributed by atoms with van der Waals surface area (Å²) in [4.78, 5) is 12.5. The molecule has 0 bridgehead atoms. The number of hydrogen-bond donors (Lipinski definition) is 1. The van der Waals surface area contributed by atoms with E-state index in [4.69, 9.17) is 6.42 Å². The summed E-state index contributed by atoms with van der Waals surface area (Å²) in [5.74, 6) is 1.91. The van der Waals surface area contributed by atoms with Gasteiger partial charge in [-0.3, -0.25) is 9.48 Å². The Morgan fingerprint density at radius 2 is 1.88 bits per heavy atom. The molecule has 1 heterocycles. The van der Waals surface area contributed by atoms with E-state index in [0.717, 1.165) is 16.7 Å². The minimum absolute atomic E-state index is 0.153. The van der Waals surface area contributed by atoms with E-state index in [9.17, 15) is 13.6 Å². The Morgan fingerprint density at radius 1 is 1.19 bits per heavy atom. The van der Waals surface area contributed by atoms with Crippen molar-refractivity contribution in [2.24, 2.45) is 7.05 Å². The summed E-state index contributed by atoms with van der Waals surface area (Å²) in [6.45, 7) is 0. The average Bonchev–Trinajstić information content (AvgIpc) is 3.05. The molecule has 1 amide bonds. The third-order valence-corrected chi connectivity index (χ3v) is 3.85. The molecule has 0 spiro atoms. The van der Waals surface area contributed by atoms with Gasteiger partial charge in [0.2, 0.25) is 0 Å². The molecule has 0 aliphatic rings. The van der Waals surface area contributed by atoms with Crippen LogP contribution in [0.1, 0.15) is 28.0 Å². The second-order valence-corrected chi connectivity index (χ2v) is 5.62. The van der Waals surface area contributed by atoms with Crippen molar-refractivity contribution in [3.8, 4) is 23.5 Å². The van der Waals surface area contributed by atoms with Crippen molar-refractivity contribution in [1.82, 2.24) is 9.78 Å². The molecule has 0 unspecified atom stereocenters. The lowest BCUT2D eigenvalue weighted by Crippen LogP contribution is -2.14. The molecule has 3 aromatic rings. The van der Waals surface area contributed by atoms with Crippen LogP contribution >= 0.6 is 0 Å². The summed E-state index contributed by atoms with van der Waals surface area (Å²) < 4.78 is 27.4. The van der Waals surface area contributed by atoms with Crippen molar-refractivity contribution in [2.45, 2.75) is 6.43 Å². The minimum Gasteiger partial charge on any atom is -0.321 e. The van der Waals surface area contributed by atoms with Crippen LogP contribution < -0.4 is 5.32 Å². The van der Waals surface area contributed by atoms with Crippen molar-refractivity contribution in [1.29, 1.82) is 0 Å². The van der Waals surface area contributed by atoms with Crippen LogP contribution in [0, 0.1) is 12.3 Å². The van der Waals surface area contributed by atoms with Gasteiger partial charge in [0.15, 0.2) is 0 Å². The van der Waals surface area contributed by atoms with Crippen molar-refractivity contribution >= 4 is 11.6 Å². The predicted octanol–water partition coefficient (Wildman–Crippen LogP) is 4.26. The molecule has 0 aliphatic heterocycles. The molecular formula is C20H15F2N3O. The number of alkyl halides is 2. The van der Waals surface area contributed by atoms with Gasteiger partial charge in [-0.1, -0.05) is 36.3 Å². The number of nitrogens with zero attached hydrogens (tertiary/aromatic N) is 2. The molecule has 4 nitrogen and oxygen atoms in total. The summed E-state index contributed by atoms with van der Waals surface area (Å²) in [6, 6.07) is 14.4. The van der Waals surface area contributed by atoms with E-state index >= 15 is 0 Å². The van der Waals surface area contributed by atoms with Gasteiger partial charge in [-0.25, -0.2) is 8.78 Å². The number of aryl methyl sites for hydroxylation is 1. The fraction of sp³-hybridized carbons (Fsp3) is 0.100. The number of nitrogens with one attached hydrogen (secondary N) is 1. The normalized spacial score (nSPS) is 10.6. The van der Waals surface area contributed by atoms with E-state index in [-0.39, 0.29) is 5.56 Å². The van der Waals surface area contributed by atoms with Gasteiger partial charge in [-0.15, -0.1) is 6.42 Å². The number of hydrogen-bond acceptors (Lipinski definition) is 2. The van der Waals surface area contributed by atoms with E-state index in [1.54, 1.807) is 24.3 Å². The van der Waals surface area contributed by atoms with Crippen LogP contribution in [-0.2, 0) is 7.05 Å². The van der Waals surface area contributed by atoms with Gasteiger partial charge < -0.3 is 5.32 Å². The van der Waals surface area contributed by atoms with Gasteiger partial charge in [-0.2, -0.15) is 5.10 Å². The summed E-state index contributed by atoms with van der Waals surface area (Å²) in [5.41, 5.74) is 2.16. The Bertz CT molecular complexity index is 985. The smallest absolute Gasteiger partial charge is 0.282 e. The number of carbonyl (C=O) groups excluding carboxylic acids is 1. The van der Waals surface area contributed by atoms with Gasteiger partial charge in [0.1, 0.15) is 5.69 Å². The maximum absolute atomic E-state index is 13.1. The monoisotopic (exact) mass is 351 g/mol. The molecular weight excluding hydrogens is 336 g/mol. The number of para-hydroxylation sites is 1. The van der Waals surface area contributed by atoms with E-state index in [2.05, 4.69) is 16.3 Å². The van der Waals surface area contributed by atoms with Crippen molar-refractivity contribution in [2.75, 3.05) is 5.32 Å². The molecule has 0 radical (unpaired) electrons. The van der Waals surface area contributed by atoms with Gasteiger partial charge in [0.05, 0.1) is 5.56 Å². The third kappa shape index (κ3) is 3.47. The predicted molar refractivity (Wildman–Crippen MR) is 95.9 cm³/mol. The summed E-state index contributed by atoms with van der Waals surface area (Å²) in [6.07, 6.45) is 3.81. The summed E-state index contributed by atoms with van der Waals surface area (Å²) >= 11 is 0. The average molecular weight is 351 g/mol. The van der Waals surface area contributed by atoms with Crippen LogP contribution in [0.3, 0.4) is 0 Å². The van der Waals surface area contributed by atoms with Gasteiger partial charge in [0.25, 0.3) is 12.3 Å². The Kier molecular flexibility index (Phi) is 4.81. The maximum atomic E-state index is 13.1. The zero-order valence-corrected chi connectivity index (χ0v) is 13.9. The molecule has 0 saturated heterocycles. The topological polar surface area (TPSA) is 46.9 Å². The first-order valence-corrected chi connectivity index (χ1v) is 7.78. The highest BCUT2D eigenvalue weighted by molar-refractivity contribution is 6.06. The summed E-state index contributed by atoms with van der Waals surface area (Å²) in [5, 5.41) is 6.36. The second-order valence-electron chi connectivity index (χ2n) is 5.62. The SMILES string of the molecule is C#Cc1ccc(-c2ccccc2NC(=O)c2cn(C)nc2C(F)F)cc1. The Labute approximate surface area is 149 Å². The number of rotatable bonds is 4. The van der Waals surface area contributed by atoms with Crippen LogP contribution in [0.25, 0.3) is 11.1 Å². The summed E-state index contributed by atoms with van der Waals surface area (Å²) in [7, 11) is 1.49. The van der Waals surface area contributed by atoms with Crippen molar-refractivity contribution in [3.63, 3.8) is 0 Å². The minimum atomic E-state index is -2.83. The zero-order valence-electron chi connectivity index (χ0n) is 13.9. The fourth-order valence-electron chi connectivity index (χ4n) is 2.62. The second kappa shape index (κ2) is 7.19. The van der Waals surface area contributed by atoms with Gasteiger partial charge >= 0.3 is 0 Å². The lowest BCUT2D eigenvalue weighted by Gasteiger charge is -2.11. The van der Waals surface area contributed by atoms with Crippen LogP contribution in [0.4, 0.5) is 14.5 Å². The number of aromatic nitrogens is 2. The maximum Gasteiger partial charge on any atom is 0.282 e. The highest BCUT2D eigenvalue weighted by Gasteiger charge is 2.23. The first kappa shape index (κ1) is 17.4. The van der Waals surface area contributed by atoms with Crippen molar-refractivity contribution in [3.05, 3.63) is 71.5 Å². The first-order chi connectivity index (χ1) is 12.5. The van der Waals surface area contributed by atoms with E-state index < -0.39 is 18.0 Å². The highest BCUT2D eigenvalue weighted by Crippen LogP contribution is 2.29. The van der Waals surface area contributed by atoms with Crippen LogP contribution in [-0.4, -0.2) is 15.7 Å². The highest BCUT2D eigenvalue weighted by atomic mass is 19.3. The molecule has 6 heteroatoms. The van der Waals surface area contributed by atoms with Gasteiger partial charge in [-0.05, 0) is 23.8 Å². The van der Waals surface area contributed by atoms with E-state index in [1.807, 2.05) is 24.3 Å². The van der Waals surface area contributed by atoms with Gasteiger partial charge in [0, 0.05) is 30.1 Å². The zero-order chi connectivity index (χ0) is 18.7. The molecule has 2 aromatic carbocycles. The third-order valence-electron chi connectivity index (χ3n) is 3.85. The number of anilines is 1. The van der Waals surface area contributed by atoms with E-state index in [0.29, 0.717) is 5.69 Å². The lowest BCUT2D eigenvalue weighted by atomic mass is 10.0. The number of amides is 1. The van der Waals surface area contributed by atoms with Crippen molar-refractivity contribution < 1.29 is 13.6 Å². The Morgan fingerprint density at radius 3 is 2.54 bits per heavy atom. The Balaban J connectivity index is 1.94. The van der Waals surface area contributed by atoms with E-state index in [1.165, 1.54) is 17.9 Å². The van der Waals surface area contributed by atoms with Crippen LogP contribution in [0.2, 0.25) is 0 Å². The molecule has 0 saturated carbocycles. The van der Waals surface area contributed by atoms with Crippen LogP contribution in [0.15, 0.2) is 54.7 Å². The largest absolute Gasteiger partial charge is 0.321 e. The fourth-order valence-corrected chi connectivity index (χ4v) is 2.62. The molecule has 0 fully saturated rings. The number of halogens is 2. The molecule has 1 N–H and O–H groups in total. The standard InChI is InChI=1S/C20H15F2N3O/c1-3-13-8-10-14(11-9-13)15-6-4-5-7-17(15)23-20(26)16-12-25(2)24-18(16)19(21)22/h1,4-12,19H,2H3,(H,23,26). The number of terminal acetylenes is 1. The molecule has 1 aromatic heterocycles. The molecule has 130 valence electrons. The molecule has 0 aliphatic carbocycles. The number of benzene rings is 2. The lowest BCUT2D eigenvalue weighted by molar-refractivity contribution is 0.101. The molecule has 0 atom stereocenters. The number of carbonyl (C=O) groups is 1. The van der Waals surface area contributed by atoms with Crippen LogP contribution in [0.5, 0.6) is 0 Å². The molecule has 3 rings (SSSR count). The Hall–Kier alpha value is -3.46. The molecule has 26 heavy (non-hydrogen) atoms.